The Hall–Kier alpha value is -10.6. The van der Waals surface area contributed by atoms with Gasteiger partial charge in [0.25, 0.3) is 0 Å². The van der Waals surface area contributed by atoms with Gasteiger partial charge in [-0.1, -0.05) is 199 Å². The van der Waals surface area contributed by atoms with Crippen molar-refractivity contribution in [2.75, 3.05) is 16.5 Å². The summed E-state index contributed by atoms with van der Waals surface area (Å²) in [5.74, 6) is -1.75. The van der Waals surface area contributed by atoms with Gasteiger partial charge in [0.1, 0.15) is 6.67 Å². The molecule has 12 fully saturated rings. The summed E-state index contributed by atoms with van der Waals surface area (Å²) in [6, 6.07) is 22.9. The van der Waals surface area contributed by atoms with Gasteiger partial charge in [0.05, 0.1) is 95.5 Å². The highest BCUT2D eigenvalue weighted by molar-refractivity contribution is 6.24. The number of rotatable bonds is 16. The van der Waals surface area contributed by atoms with Crippen LogP contribution in [0.15, 0.2) is 222 Å². The van der Waals surface area contributed by atoms with Gasteiger partial charge in [-0.2, -0.15) is 0 Å². The smallest absolute Gasteiger partial charge is 0.238 e. The molecular formula is C100H116N6O12. The van der Waals surface area contributed by atoms with Crippen LogP contribution in [0.2, 0.25) is 0 Å². The monoisotopic (exact) mass is 1590 g/mol. The van der Waals surface area contributed by atoms with Crippen LogP contribution in [0, 0.1) is 142 Å². The van der Waals surface area contributed by atoms with Crippen LogP contribution in [0.3, 0.4) is 0 Å². The summed E-state index contributed by atoms with van der Waals surface area (Å²) in [6.07, 6.45) is 48.9. The largest absolute Gasteiger partial charge is 0.278 e. The van der Waals surface area contributed by atoms with E-state index in [0.29, 0.717) is 17.8 Å². The minimum Gasteiger partial charge on any atom is -0.278 e. The number of imide groups is 6. The second kappa shape index (κ2) is 36.7. The Morgan fingerprint density at radius 1 is 0.254 bits per heavy atom. The lowest BCUT2D eigenvalue weighted by Gasteiger charge is -2.24. The van der Waals surface area contributed by atoms with E-state index in [1.165, 1.54) is 29.4 Å². The molecule has 6 saturated heterocycles. The third-order valence-corrected chi connectivity index (χ3v) is 27.7. The molecule has 24 atom stereocenters. The van der Waals surface area contributed by atoms with E-state index in [1.807, 2.05) is 134 Å². The molecule has 0 spiro atoms. The van der Waals surface area contributed by atoms with Crippen molar-refractivity contribution in [2.24, 2.45) is 142 Å². The van der Waals surface area contributed by atoms with Crippen LogP contribution < -0.4 is 9.80 Å². The normalized spacial score (nSPS) is 33.9. The molecule has 3 aromatic rings. The molecule has 18 nitrogen and oxygen atoms in total. The van der Waals surface area contributed by atoms with Gasteiger partial charge in [-0.25, -0.2) is 0 Å². The minimum absolute atomic E-state index is 0.0528. The van der Waals surface area contributed by atoms with E-state index in [0.717, 1.165) is 99.3 Å². The van der Waals surface area contributed by atoms with Gasteiger partial charge in [-0.15, -0.1) is 39.5 Å². The summed E-state index contributed by atoms with van der Waals surface area (Å²) in [6.45, 7) is 33.6. The fraction of sp³-hybridized carbons (Fsp3) is 0.460. The van der Waals surface area contributed by atoms with E-state index in [4.69, 9.17) is 0 Å². The van der Waals surface area contributed by atoms with Crippen molar-refractivity contribution in [1.29, 1.82) is 0 Å². The van der Waals surface area contributed by atoms with Crippen molar-refractivity contribution >= 4 is 82.3 Å². The van der Waals surface area contributed by atoms with Crippen LogP contribution in [0.25, 0.3) is 0 Å². The zero-order chi connectivity index (χ0) is 84.2. The van der Waals surface area contributed by atoms with Gasteiger partial charge < -0.3 is 0 Å². The van der Waals surface area contributed by atoms with Crippen molar-refractivity contribution in [3.63, 3.8) is 0 Å². The molecule has 24 unspecified atom stereocenters. The number of carbonyl (C=O) groups is 12. The zero-order valence-corrected chi connectivity index (χ0v) is 69.3. The fourth-order valence-corrected chi connectivity index (χ4v) is 21.9. The van der Waals surface area contributed by atoms with Gasteiger partial charge in [0, 0.05) is 0 Å². The topological polar surface area (TPSA) is 224 Å². The summed E-state index contributed by atoms with van der Waals surface area (Å²) >= 11 is 0. The van der Waals surface area contributed by atoms with Gasteiger partial charge in [0.2, 0.25) is 70.9 Å². The molecule has 12 amide bonds. The fourth-order valence-electron chi connectivity index (χ4n) is 21.9. The molecule has 118 heavy (non-hydrogen) atoms. The molecule has 3 aromatic carbocycles. The Balaban J connectivity index is 0.000000136. The molecule has 6 heterocycles. The molecule has 18 aliphatic rings. The first-order chi connectivity index (χ1) is 57.0. The van der Waals surface area contributed by atoms with E-state index in [9.17, 15) is 57.5 Å². The summed E-state index contributed by atoms with van der Waals surface area (Å²) in [7, 11) is 0. The average molecular weight is 1590 g/mol. The van der Waals surface area contributed by atoms with Crippen molar-refractivity contribution in [1.82, 2.24) is 19.6 Å². The van der Waals surface area contributed by atoms with Gasteiger partial charge in [0.15, 0.2) is 0 Å². The van der Waals surface area contributed by atoms with Gasteiger partial charge in [-0.3, -0.25) is 86.9 Å². The number of benzene rings is 3. The first kappa shape index (κ1) is 85.3. The van der Waals surface area contributed by atoms with Crippen LogP contribution in [-0.2, 0) is 77.0 Å². The first-order valence-corrected chi connectivity index (χ1v) is 43.2. The number of fused-ring (bicyclic) bond motifs is 30. The molecule has 618 valence electrons. The van der Waals surface area contributed by atoms with Crippen LogP contribution in [0.5, 0.6) is 0 Å². The van der Waals surface area contributed by atoms with E-state index in [-0.39, 0.29) is 233 Å². The SMILES string of the molecule is C=CCC.C=CCC.C=CCC.C=CCC.C=CCC.C=CCC.O=C1C2C3C=CC(C3)C2C(=O)N1CN1C(=O)C2C3C=CC(C3)C2C1=O.O=C1C2C3C=CC(C3)C2C(=O)N1Cc1cccc(CN2C(=O)C3C4C=CC(C4)C3C2=O)c1.O=C1C2C3C=CC(C3)C2C(=O)N1c1ccc(Cc2ccc(N3C(=O)C4C5C=CC(C5)C4C3=O)cc2)cc1. The quantitative estimate of drug-likeness (QED) is 0.0964. The predicted octanol–water partition coefficient (Wildman–Crippen LogP) is 16.3. The Labute approximate surface area is 696 Å². The summed E-state index contributed by atoms with van der Waals surface area (Å²) in [5.41, 5.74) is 5.10. The van der Waals surface area contributed by atoms with Crippen LogP contribution >= 0.6 is 0 Å². The van der Waals surface area contributed by atoms with Crippen LogP contribution in [0.1, 0.15) is 141 Å². The Bertz CT molecular complexity index is 4190. The van der Waals surface area contributed by atoms with E-state index in [2.05, 4.69) is 130 Å². The number of likely N-dealkylation sites (tertiary alicyclic amines) is 4. The third-order valence-electron chi connectivity index (χ3n) is 27.7. The van der Waals surface area contributed by atoms with E-state index in [1.54, 1.807) is 0 Å². The number of nitrogens with zero attached hydrogens (tertiary/aromatic N) is 6. The maximum atomic E-state index is 13.1. The minimum atomic E-state index is -0.285. The van der Waals surface area contributed by atoms with E-state index >= 15 is 0 Å². The van der Waals surface area contributed by atoms with E-state index < -0.39 is 0 Å². The highest BCUT2D eigenvalue weighted by Gasteiger charge is 2.66. The highest BCUT2D eigenvalue weighted by atomic mass is 16.2. The lowest BCUT2D eigenvalue weighted by molar-refractivity contribution is -0.150. The predicted molar refractivity (Wildman–Crippen MR) is 456 cm³/mol. The zero-order valence-electron chi connectivity index (χ0n) is 69.3. The number of amides is 12. The number of anilines is 2. The molecule has 12 bridgehead atoms. The van der Waals surface area contributed by atoms with Gasteiger partial charge in [-0.05, 0) is 201 Å². The standard InChI is InChI=1S/C31H26N2O4.C26H24N2O4.C19H18N2O4.6C4H8/c34-28-24-18-5-6-19(14-18)25(24)29(35)32(28)22-9-1-16(2-10-22)13-17-3-11-23(12-4-17)33-30(36)26-20-7-8-21(15-20)27(26)31(33)37;29-23-19-15-4-5-16(9-15)20(19)24(30)27(23)11-13-2-1-3-14(8-13)12-28-25(31)21-17-6-7-18(10-17)22(21)26(28)32;22-16-12-8-1-2-9(5-8)13(12)17(23)20(16)7-21-18(24)14-10-3-4-11(6-10)15(14)19(21)25;6*1-3-4-2/h1-12,18-21,24-27H,13-15H2;1-8,15-22H,9-12H2;1-4,8-15H,5-7H2;6*3H,1,4H2,2H3. The molecule has 0 N–H and O–H groups in total. The molecule has 6 saturated carbocycles. The van der Waals surface area contributed by atoms with Gasteiger partial charge >= 0.3 is 0 Å². The lowest BCUT2D eigenvalue weighted by atomic mass is 9.85. The molecule has 0 radical (unpaired) electrons. The molecule has 12 aliphatic carbocycles. The molecule has 21 rings (SSSR count). The number of carbonyl (C=O) groups excluding carboxylic acids is 12. The first-order valence-electron chi connectivity index (χ1n) is 43.2. The summed E-state index contributed by atoms with van der Waals surface area (Å²) < 4.78 is 0. The van der Waals surface area contributed by atoms with Crippen molar-refractivity contribution in [3.05, 3.63) is 244 Å². The molecule has 6 aliphatic heterocycles. The Morgan fingerprint density at radius 3 is 0.619 bits per heavy atom. The Morgan fingerprint density at radius 2 is 0.432 bits per heavy atom. The number of hydrogen-bond acceptors (Lipinski definition) is 12. The summed E-state index contributed by atoms with van der Waals surface area (Å²) in [5, 5.41) is 0. The summed E-state index contributed by atoms with van der Waals surface area (Å²) in [4.78, 5) is 163. The highest BCUT2D eigenvalue weighted by Crippen LogP contribution is 2.59. The van der Waals surface area contributed by atoms with Crippen LogP contribution in [0.4, 0.5) is 11.4 Å². The van der Waals surface area contributed by atoms with Crippen molar-refractivity contribution < 1.29 is 57.5 Å². The Kier molecular flexibility index (Phi) is 26.5. The number of hydrogen-bond donors (Lipinski definition) is 0. The second-order valence-corrected chi connectivity index (χ2v) is 34.4. The molecule has 18 heteroatoms. The lowest BCUT2D eigenvalue weighted by Crippen LogP contribution is -2.46. The maximum absolute atomic E-state index is 13.1. The second-order valence-electron chi connectivity index (χ2n) is 34.4. The molecular weight excluding hydrogens is 1480 g/mol. The molecule has 0 aromatic heterocycles. The van der Waals surface area contributed by atoms with Crippen molar-refractivity contribution in [2.45, 2.75) is 138 Å². The maximum Gasteiger partial charge on any atom is 0.238 e. The van der Waals surface area contributed by atoms with Crippen LogP contribution in [-0.4, -0.2) is 97.2 Å². The third kappa shape index (κ3) is 15.6. The number of allylic oxidation sites excluding steroid dienone is 18. The van der Waals surface area contributed by atoms with Crippen molar-refractivity contribution in [3.8, 4) is 0 Å². The average Bonchev–Trinajstić information content (AvgIpc) is 1.60.